The number of methoxy groups -OCH3 is 1. The van der Waals surface area contributed by atoms with Crippen LogP contribution in [-0.2, 0) is 14.9 Å². The third-order valence-electron chi connectivity index (χ3n) is 7.68. The average molecular weight is 533 g/mol. The molecule has 0 bridgehead atoms. The van der Waals surface area contributed by atoms with E-state index in [1.165, 1.54) is 18.1 Å². The molecule has 0 atom stereocenters. The largest absolute Gasteiger partial charge is 0.453 e. The van der Waals surface area contributed by atoms with E-state index in [1.807, 2.05) is 29.2 Å². The lowest BCUT2D eigenvalue weighted by Gasteiger charge is -2.45. The van der Waals surface area contributed by atoms with Gasteiger partial charge in [-0.15, -0.1) is 0 Å². The highest BCUT2D eigenvalue weighted by molar-refractivity contribution is 6.30. The minimum absolute atomic E-state index is 0.00253. The van der Waals surface area contributed by atoms with E-state index in [2.05, 4.69) is 10.3 Å². The maximum atomic E-state index is 13.6. The van der Waals surface area contributed by atoms with Gasteiger partial charge in [0.15, 0.2) is 0 Å². The Labute approximate surface area is 217 Å². The molecule has 0 unspecified atom stereocenters. The van der Waals surface area contributed by atoms with Crippen LogP contribution in [0.5, 0.6) is 0 Å². The number of halogens is 3. The summed E-state index contributed by atoms with van der Waals surface area (Å²) in [7, 11) is 1.33. The summed E-state index contributed by atoms with van der Waals surface area (Å²) in [6.07, 6.45) is 0.654. The molecule has 5 rings (SSSR count). The van der Waals surface area contributed by atoms with Gasteiger partial charge in [0.2, 0.25) is 5.91 Å². The third-order valence-corrected chi connectivity index (χ3v) is 7.89. The Kier molecular flexibility index (Phi) is 6.78. The van der Waals surface area contributed by atoms with Crippen LogP contribution in [0, 0.1) is 5.92 Å². The number of amides is 3. The number of alkyl halides is 2. The summed E-state index contributed by atoms with van der Waals surface area (Å²) in [6.45, 7) is 1.14. The number of anilines is 1. The minimum Gasteiger partial charge on any atom is -0.453 e. The van der Waals surface area contributed by atoms with Gasteiger partial charge >= 0.3 is 6.09 Å². The Morgan fingerprint density at radius 1 is 1.22 bits per heavy atom. The summed E-state index contributed by atoms with van der Waals surface area (Å²) in [5, 5.41) is 2.97. The first-order valence-corrected chi connectivity index (χ1v) is 12.6. The van der Waals surface area contributed by atoms with Crippen molar-refractivity contribution < 1.29 is 27.9 Å². The summed E-state index contributed by atoms with van der Waals surface area (Å²) in [6, 6.07) is 8.74. The van der Waals surface area contributed by atoms with E-state index >= 15 is 0 Å². The monoisotopic (exact) mass is 532 g/mol. The second-order valence-electron chi connectivity index (χ2n) is 9.92. The first-order chi connectivity index (χ1) is 17.7. The van der Waals surface area contributed by atoms with Crippen LogP contribution >= 0.6 is 11.6 Å². The van der Waals surface area contributed by atoms with E-state index in [9.17, 15) is 23.2 Å². The standard InChI is InChI=1S/C26H27ClF2N4O4/c1-37-25(36)32-13-26(14-32)19-4-2-3-5-20(19)33(24(26)35)12-15-6-8-17(9-7-15)31-23(34)18-10-16(27)11-30-21(18)22(28)29/h2-5,10-11,15,17,22H,6-9,12-14H2,1H3,(H,31,34). The average Bonchev–Trinajstić information content (AvgIpc) is 3.11. The third kappa shape index (κ3) is 4.52. The molecule has 11 heteroatoms. The minimum atomic E-state index is -2.88. The van der Waals surface area contributed by atoms with Crippen molar-refractivity contribution in [3.8, 4) is 0 Å². The normalized spacial score (nSPS) is 22.1. The van der Waals surface area contributed by atoms with Crippen LogP contribution in [-0.4, -0.2) is 60.6 Å². The number of nitrogens with one attached hydrogen (secondary N) is 1. The SMILES string of the molecule is COC(=O)N1CC2(C1)C(=O)N(CC1CCC(NC(=O)c3cc(Cl)cnc3C(F)F)CC1)c1ccccc12. The molecule has 3 amide bonds. The number of carbonyl (C=O) groups excluding carboxylic acids is 3. The number of para-hydroxylation sites is 1. The lowest BCUT2D eigenvalue weighted by atomic mass is 9.75. The number of pyridine rings is 1. The molecular formula is C26H27ClF2N4O4. The van der Waals surface area contributed by atoms with Crippen LogP contribution in [0.25, 0.3) is 0 Å². The van der Waals surface area contributed by atoms with E-state index in [-0.39, 0.29) is 28.5 Å². The second kappa shape index (κ2) is 9.89. The zero-order valence-electron chi connectivity index (χ0n) is 20.3. The molecule has 37 heavy (non-hydrogen) atoms. The van der Waals surface area contributed by atoms with Gasteiger partial charge in [-0.2, -0.15) is 0 Å². The predicted octanol–water partition coefficient (Wildman–Crippen LogP) is 4.33. The second-order valence-corrected chi connectivity index (χ2v) is 10.4. The Morgan fingerprint density at radius 3 is 2.59 bits per heavy atom. The van der Waals surface area contributed by atoms with Gasteiger partial charge in [-0.3, -0.25) is 14.6 Å². The molecule has 2 aliphatic heterocycles. The van der Waals surface area contributed by atoms with Crippen molar-refractivity contribution in [1.82, 2.24) is 15.2 Å². The van der Waals surface area contributed by atoms with Crippen molar-refractivity contribution in [2.45, 2.75) is 43.6 Å². The summed E-state index contributed by atoms with van der Waals surface area (Å²) < 4.78 is 31.4. The van der Waals surface area contributed by atoms with Crippen LogP contribution in [0.3, 0.4) is 0 Å². The summed E-state index contributed by atoms with van der Waals surface area (Å²) in [5.41, 5.74) is 0.281. The molecule has 196 valence electrons. The maximum absolute atomic E-state index is 13.6. The van der Waals surface area contributed by atoms with Crippen molar-refractivity contribution in [3.63, 3.8) is 0 Å². The lowest BCUT2D eigenvalue weighted by Crippen LogP contribution is -2.65. The smallest absolute Gasteiger partial charge is 0.409 e. The molecule has 2 aromatic rings. The van der Waals surface area contributed by atoms with Gasteiger partial charge in [0.05, 0.1) is 17.7 Å². The number of likely N-dealkylation sites (tertiary alicyclic amines) is 1. The fourth-order valence-corrected chi connectivity index (χ4v) is 5.92. The number of hydrogen-bond donors (Lipinski definition) is 1. The van der Waals surface area contributed by atoms with Gasteiger partial charge in [0.25, 0.3) is 12.3 Å². The fraction of sp³-hybridized carbons (Fsp3) is 0.462. The predicted molar refractivity (Wildman–Crippen MR) is 132 cm³/mol. The number of hydrogen-bond acceptors (Lipinski definition) is 5. The molecule has 1 aliphatic carbocycles. The van der Waals surface area contributed by atoms with Crippen molar-refractivity contribution in [3.05, 3.63) is 58.4 Å². The van der Waals surface area contributed by atoms with Crippen molar-refractivity contribution in [1.29, 1.82) is 0 Å². The van der Waals surface area contributed by atoms with Gasteiger partial charge in [-0.1, -0.05) is 29.8 Å². The highest BCUT2D eigenvalue weighted by Gasteiger charge is 2.59. The zero-order chi connectivity index (χ0) is 26.3. The molecule has 1 aromatic carbocycles. The Balaban J connectivity index is 1.21. The maximum Gasteiger partial charge on any atom is 0.409 e. The molecule has 1 aromatic heterocycles. The summed E-state index contributed by atoms with van der Waals surface area (Å²) >= 11 is 5.88. The molecule has 3 aliphatic rings. The summed E-state index contributed by atoms with van der Waals surface area (Å²) in [4.78, 5) is 45.2. The number of aromatic nitrogens is 1. The molecular weight excluding hydrogens is 506 g/mol. The molecule has 1 N–H and O–H groups in total. The molecule has 1 saturated carbocycles. The molecule has 2 fully saturated rings. The molecule has 1 saturated heterocycles. The lowest BCUT2D eigenvalue weighted by molar-refractivity contribution is -0.128. The van der Waals surface area contributed by atoms with Gasteiger partial charge < -0.3 is 19.9 Å². The van der Waals surface area contributed by atoms with E-state index in [1.54, 1.807) is 0 Å². The van der Waals surface area contributed by atoms with Gasteiger partial charge in [-0.05, 0) is 49.3 Å². The van der Waals surface area contributed by atoms with E-state index in [0.29, 0.717) is 32.5 Å². The van der Waals surface area contributed by atoms with Crippen LogP contribution in [0.2, 0.25) is 5.02 Å². The first kappa shape index (κ1) is 25.4. The number of carbonyl (C=O) groups is 3. The van der Waals surface area contributed by atoms with Gasteiger partial charge in [-0.25, -0.2) is 13.6 Å². The van der Waals surface area contributed by atoms with Crippen molar-refractivity contribution >= 4 is 35.2 Å². The van der Waals surface area contributed by atoms with E-state index in [4.69, 9.17) is 16.3 Å². The zero-order valence-corrected chi connectivity index (χ0v) is 21.0. The van der Waals surface area contributed by atoms with E-state index in [0.717, 1.165) is 30.3 Å². The van der Waals surface area contributed by atoms with Gasteiger partial charge in [0.1, 0.15) is 11.1 Å². The van der Waals surface area contributed by atoms with Crippen molar-refractivity contribution in [2.24, 2.45) is 5.92 Å². The highest BCUT2D eigenvalue weighted by Crippen LogP contribution is 2.48. The quantitative estimate of drug-likeness (QED) is 0.619. The topological polar surface area (TPSA) is 91.8 Å². The Morgan fingerprint density at radius 2 is 1.92 bits per heavy atom. The van der Waals surface area contributed by atoms with Crippen LogP contribution in [0.1, 0.15) is 53.7 Å². The summed E-state index contributed by atoms with van der Waals surface area (Å²) in [5.74, 6) is -0.390. The van der Waals surface area contributed by atoms with Crippen molar-refractivity contribution in [2.75, 3.05) is 31.6 Å². The van der Waals surface area contributed by atoms with Crippen LogP contribution < -0.4 is 10.2 Å². The Hall–Kier alpha value is -3.27. The fourth-order valence-electron chi connectivity index (χ4n) is 5.76. The number of benzene rings is 1. The molecule has 3 heterocycles. The van der Waals surface area contributed by atoms with Crippen LogP contribution in [0.15, 0.2) is 36.5 Å². The van der Waals surface area contributed by atoms with Gasteiger partial charge in [0, 0.05) is 37.6 Å². The molecule has 8 nitrogen and oxygen atoms in total. The molecule has 1 spiro atoms. The van der Waals surface area contributed by atoms with E-state index < -0.39 is 29.5 Å². The van der Waals surface area contributed by atoms with Crippen LogP contribution in [0.4, 0.5) is 19.3 Å². The number of nitrogens with zero attached hydrogens (tertiary/aromatic N) is 3. The Bertz CT molecular complexity index is 1230. The highest BCUT2D eigenvalue weighted by atomic mass is 35.5. The number of fused-ring (bicyclic) bond motifs is 2. The number of rotatable bonds is 5. The number of ether oxygens (including phenoxy) is 1. The molecule has 0 radical (unpaired) electrons. The first-order valence-electron chi connectivity index (χ1n) is 12.2.